The molecule has 0 N–H and O–H groups in total. The van der Waals surface area contributed by atoms with Crippen LogP contribution in [0.2, 0.25) is 0 Å². The van der Waals surface area contributed by atoms with E-state index >= 15 is 0 Å². The number of carbonyl (C=O) groups excluding carboxylic acids is 1. The molecule has 18 heavy (non-hydrogen) atoms. The summed E-state index contributed by atoms with van der Waals surface area (Å²) in [6.07, 6.45) is 4.72. The van der Waals surface area contributed by atoms with Gasteiger partial charge in [0.2, 0.25) is 0 Å². The highest BCUT2D eigenvalue weighted by atomic mass is 16.1. The molecule has 0 amide bonds. The smallest absolute Gasteiger partial charge is 0.124 e. The molecule has 2 aromatic rings. The standard InChI is InChI=1S/C17H16O/c18-10-9-13-5-6-17-12-15-4-2-1-3-14(15)7-8-16(17)11-13/h1-6,10-11H,7-9,12H2. The topological polar surface area (TPSA) is 17.1 Å². The average molecular weight is 236 g/mol. The quantitative estimate of drug-likeness (QED) is 0.732. The first-order valence-corrected chi connectivity index (χ1v) is 6.48. The largest absolute Gasteiger partial charge is 0.303 e. The lowest BCUT2D eigenvalue weighted by Crippen LogP contribution is -1.95. The molecule has 0 atom stereocenters. The predicted octanol–water partition coefficient (Wildman–Crippen LogP) is 3.12. The number of fused-ring (bicyclic) bond motifs is 2. The van der Waals surface area contributed by atoms with Gasteiger partial charge in [-0.15, -0.1) is 0 Å². The third kappa shape index (κ3) is 2.08. The number of benzene rings is 2. The Morgan fingerprint density at radius 2 is 1.61 bits per heavy atom. The van der Waals surface area contributed by atoms with Crippen molar-refractivity contribution >= 4 is 6.29 Å². The van der Waals surface area contributed by atoms with Crippen molar-refractivity contribution in [1.82, 2.24) is 0 Å². The molecule has 0 heterocycles. The highest BCUT2D eigenvalue weighted by molar-refractivity contribution is 5.56. The highest BCUT2D eigenvalue weighted by Crippen LogP contribution is 2.25. The van der Waals surface area contributed by atoms with E-state index in [0.717, 1.165) is 31.1 Å². The number of rotatable bonds is 2. The van der Waals surface area contributed by atoms with Gasteiger partial charge in [-0.1, -0.05) is 42.5 Å². The van der Waals surface area contributed by atoms with Crippen molar-refractivity contribution in [3.63, 3.8) is 0 Å². The van der Waals surface area contributed by atoms with Gasteiger partial charge in [-0.25, -0.2) is 0 Å². The van der Waals surface area contributed by atoms with Crippen LogP contribution in [-0.2, 0) is 30.5 Å². The molecule has 0 unspecified atom stereocenters. The molecule has 0 aromatic heterocycles. The Morgan fingerprint density at radius 1 is 0.889 bits per heavy atom. The van der Waals surface area contributed by atoms with Gasteiger partial charge in [0, 0.05) is 6.42 Å². The molecular weight excluding hydrogens is 220 g/mol. The summed E-state index contributed by atoms with van der Waals surface area (Å²) in [6.45, 7) is 0. The summed E-state index contributed by atoms with van der Waals surface area (Å²) in [7, 11) is 0. The Labute approximate surface area is 107 Å². The van der Waals surface area contributed by atoms with Crippen LogP contribution in [0, 0.1) is 0 Å². The molecule has 0 radical (unpaired) electrons. The van der Waals surface area contributed by atoms with Gasteiger partial charge in [0.15, 0.2) is 0 Å². The fraction of sp³-hybridized carbons (Fsp3) is 0.235. The van der Waals surface area contributed by atoms with E-state index in [1.165, 1.54) is 22.3 Å². The summed E-state index contributed by atoms with van der Waals surface area (Å²) in [5, 5.41) is 0. The molecule has 0 fully saturated rings. The zero-order chi connectivity index (χ0) is 12.4. The fourth-order valence-corrected chi connectivity index (χ4v) is 2.76. The molecule has 1 aliphatic carbocycles. The van der Waals surface area contributed by atoms with Crippen LogP contribution < -0.4 is 0 Å². The van der Waals surface area contributed by atoms with Crippen molar-refractivity contribution in [2.75, 3.05) is 0 Å². The summed E-state index contributed by atoms with van der Waals surface area (Å²) in [5.74, 6) is 0. The van der Waals surface area contributed by atoms with E-state index in [1.807, 2.05) is 0 Å². The monoisotopic (exact) mass is 236 g/mol. The summed E-state index contributed by atoms with van der Waals surface area (Å²) >= 11 is 0. The predicted molar refractivity (Wildman–Crippen MR) is 72.9 cm³/mol. The maximum absolute atomic E-state index is 10.6. The van der Waals surface area contributed by atoms with E-state index in [4.69, 9.17) is 0 Å². The van der Waals surface area contributed by atoms with Crippen molar-refractivity contribution < 1.29 is 4.79 Å². The number of aldehydes is 1. The van der Waals surface area contributed by atoms with Crippen molar-refractivity contribution in [3.8, 4) is 0 Å². The Bertz CT molecular complexity index is 584. The minimum absolute atomic E-state index is 0.528. The maximum atomic E-state index is 10.6. The summed E-state index contributed by atoms with van der Waals surface area (Å²) in [5.41, 5.74) is 6.86. The first-order chi connectivity index (χ1) is 8.86. The van der Waals surface area contributed by atoms with Crippen LogP contribution in [0.15, 0.2) is 42.5 Å². The van der Waals surface area contributed by atoms with Crippen molar-refractivity contribution in [1.29, 1.82) is 0 Å². The molecule has 0 saturated heterocycles. The van der Waals surface area contributed by atoms with Crippen LogP contribution in [-0.4, -0.2) is 6.29 Å². The van der Waals surface area contributed by atoms with Gasteiger partial charge < -0.3 is 4.79 Å². The Kier molecular flexibility index (Phi) is 2.97. The van der Waals surface area contributed by atoms with Crippen LogP contribution in [0.5, 0.6) is 0 Å². The molecule has 0 aliphatic heterocycles. The first kappa shape index (κ1) is 11.2. The van der Waals surface area contributed by atoms with E-state index in [9.17, 15) is 4.79 Å². The molecule has 1 aliphatic rings. The Morgan fingerprint density at radius 3 is 2.44 bits per heavy atom. The second-order valence-corrected chi connectivity index (χ2v) is 4.92. The van der Waals surface area contributed by atoms with Gasteiger partial charge >= 0.3 is 0 Å². The third-order valence-corrected chi connectivity index (χ3v) is 3.75. The first-order valence-electron chi connectivity index (χ1n) is 6.48. The molecule has 2 aromatic carbocycles. The van der Waals surface area contributed by atoms with E-state index < -0.39 is 0 Å². The van der Waals surface area contributed by atoms with Gasteiger partial charge in [0.1, 0.15) is 6.29 Å². The zero-order valence-electron chi connectivity index (χ0n) is 10.4. The van der Waals surface area contributed by atoms with Crippen molar-refractivity contribution in [2.45, 2.75) is 25.7 Å². The number of hydrogen-bond donors (Lipinski definition) is 0. The molecule has 0 saturated carbocycles. The van der Waals surface area contributed by atoms with Crippen LogP contribution in [0.3, 0.4) is 0 Å². The van der Waals surface area contributed by atoms with E-state index in [2.05, 4.69) is 42.5 Å². The highest BCUT2D eigenvalue weighted by Gasteiger charge is 2.12. The molecular formula is C17H16O. The lowest BCUT2D eigenvalue weighted by Gasteiger charge is -2.07. The molecule has 0 spiro atoms. The van der Waals surface area contributed by atoms with Gasteiger partial charge in [0.05, 0.1) is 0 Å². The molecule has 3 rings (SSSR count). The SMILES string of the molecule is O=CCc1ccc2c(c1)CCc1ccccc1C2. The Balaban J connectivity index is 1.98. The number of aryl methyl sites for hydroxylation is 2. The zero-order valence-corrected chi connectivity index (χ0v) is 10.4. The Hall–Kier alpha value is -1.89. The minimum Gasteiger partial charge on any atom is -0.303 e. The van der Waals surface area contributed by atoms with Crippen LogP contribution in [0.4, 0.5) is 0 Å². The van der Waals surface area contributed by atoms with Gasteiger partial charge in [-0.3, -0.25) is 0 Å². The molecule has 0 bridgehead atoms. The van der Waals surface area contributed by atoms with Crippen LogP contribution in [0.25, 0.3) is 0 Å². The lowest BCUT2D eigenvalue weighted by molar-refractivity contribution is -0.107. The average Bonchev–Trinajstić information content (AvgIpc) is 2.58. The van der Waals surface area contributed by atoms with Gasteiger partial charge in [-0.2, -0.15) is 0 Å². The maximum Gasteiger partial charge on any atom is 0.124 e. The van der Waals surface area contributed by atoms with Gasteiger partial charge in [-0.05, 0) is 47.1 Å². The van der Waals surface area contributed by atoms with Crippen molar-refractivity contribution in [3.05, 3.63) is 70.3 Å². The van der Waals surface area contributed by atoms with Gasteiger partial charge in [0.25, 0.3) is 0 Å². The van der Waals surface area contributed by atoms with E-state index in [0.29, 0.717) is 6.42 Å². The molecule has 1 heteroatoms. The minimum atomic E-state index is 0.528. The van der Waals surface area contributed by atoms with E-state index in [-0.39, 0.29) is 0 Å². The van der Waals surface area contributed by atoms with Crippen LogP contribution in [0.1, 0.15) is 27.8 Å². The van der Waals surface area contributed by atoms with Crippen molar-refractivity contribution in [2.24, 2.45) is 0 Å². The summed E-state index contributed by atoms with van der Waals surface area (Å²) < 4.78 is 0. The van der Waals surface area contributed by atoms with Crippen LogP contribution >= 0.6 is 0 Å². The number of hydrogen-bond acceptors (Lipinski definition) is 1. The second-order valence-electron chi connectivity index (χ2n) is 4.92. The normalized spacial score (nSPS) is 13.3. The third-order valence-electron chi connectivity index (χ3n) is 3.75. The summed E-state index contributed by atoms with van der Waals surface area (Å²) in [6, 6.07) is 15.2. The van der Waals surface area contributed by atoms with E-state index in [1.54, 1.807) is 0 Å². The second kappa shape index (κ2) is 4.77. The summed E-state index contributed by atoms with van der Waals surface area (Å²) in [4.78, 5) is 10.6. The fourth-order valence-electron chi connectivity index (χ4n) is 2.76. The molecule has 90 valence electrons. The number of carbonyl (C=O) groups is 1. The molecule has 1 nitrogen and oxygen atoms in total. The lowest BCUT2D eigenvalue weighted by atomic mass is 9.98.